The third-order valence-electron chi connectivity index (χ3n) is 3.37. The predicted octanol–water partition coefficient (Wildman–Crippen LogP) is 3.01. The van der Waals surface area contributed by atoms with E-state index in [1.54, 1.807) is 41.4 Å². The number of halogens is 1. The number of nitrogens with zero attached hydrogens (tertiary/aromatic N) is 3. The van der Waals surface area contributed by atoms with Crippen LogP contribution in [-0.4, -0.2) is 26.2 Å². The standard InChI is InChI=1S/C16H15FN4OS2/c1-21-8-6-18-15(21)14(11-4-2-3-5-12(11)17)20-13(22)10-24-16-19-7-9-23-16/h2-9,14H,10H2,1H3,(H,20,22)/t14-/m0/s1. The van der Waals surface area contributed by atoms with Crippen molar-refractivity contribution in [3.8, 4) is 0 Å². The molecule has 1 aromatic carbocycles. The fraction of sp³-hybridized carbons (Fsp3) is 0.188. The van der Waals surface area contributed by atoms with E-state index in [1.807, 2.05) is 12.4 Å². The van der Waals surface area contributed by atoms with Gasteiger partial charge in [0.05, 0.1) is 5.75 Å². The maximum absolute atomic E-state index is 14.2. The molecule has 3 aromatic rings. The Morgan fingerprint density at radius 2 is 2.21 bits per heavy atom. The Balaban J connectivity index is 1.79. The number of thiazole rings is 1. The molecule has 5 nitrogen and oxygen atoms in total. The second kappa shape index (κ2) is 7.59. The number of imidazole rings is 1. The van der Waals surface area contributed by atoms with Gasteiger partial charge in [-0.3, -0.25) is 4.79 Å². The van der Waals surface area contributed by atoms with Gasteiger partial charge < -0.3 is 9.88 Å². The molecule has 0 spiro atoms. The molecular weight excluding hydrogens is 347 g/mol. The predicted molar refractivity (Wildman–Crippen MR) is 92.4 cm³/mol. The van der Waals surface area contributed by atoms with Crippen LogP contribution >= 0.6 is 23.1 Å². The van der Waals surface area contributed by atoms with E-state index in [-0.39, 0.29) is 17.5 Å². The third kappa shape index (κ3) is 3.82. The number of hydrogen-bond donors (Lipinski definition) is 1. The molecule has 0 aliphatic carbocycles. The van der Waals surface area contributed by atoms with Crippen molar-refractivity contribution >= 4 is 29.0 Å². The molecule has 8 heteroatoms. The van der Waals surface area contributed by atoms with Crippen molar-refractivity contribution in [1.29, 1.82) is 0 Å². The van der Waals surface area contributed by atoms with E-state index in [4.69, 9.17) is 0 Å². The molecule has 2 heterocycles. The Bertz CT molecular complexity index is 819. The molecule has 3 rings (SSSR count). The molecule has 0 saturated carbocycles. The lowest BCUT2D eigenvalue weighted by Gasteiger charge is -2.19. The summed E-state index contributed by atoms with van der Waals surface area (Å²) >= 11 is 2.83. The van der Waals surface area contributed by atoms with Gasteiger partial charge in [0, 0.05) is 36.6 Å². The van der Waals surface area contributed by atoms with Gasteiger partial charge in [0.2, 0.25) is 5.91 Å². The first kappa shape index (κ1) is 16.7. The van der Waals surface area contributed by atoms with Gasteiger partial charge in [0.25, 0.3) is 0 Å². The summed E-state index contributed by atoms with van der Waals surface area (Å²) in [5.74, 6) is 0.209. The fourth-order valence-corrected chi connectivity index (χ4v) is 3.71. The average Bonchev–Trinajstić information content (AvgIpc) is 3.23. The van der Waals surface area contributed by atoms with Crippen molar-refractivity contribution in [1.82, 2.24) is 19.9 Å². The zero-order chi connectivity index (χ0) is 16.9. The van der Waals surface area contributed by atoms with Gasteiger partial charge in [-0.15, -0.1) is 11.3 Å². The van der Waals surface area contributed by atoms with Gasteiger partial charge in [0.1, 0.15) is 22.0 Å². The second-order valence-electron chi connectivity index (χ2n) is 5.01. The highest BCUT2D eigenvalue weighted by atomic mass is 32.2. The molecule has 2 aromatic heterocycles. The summed E-state index contributed by atoms with van der Waals surface area (Å²) in [5.41, 5.74) is 0.388. The summed E-state index contributed by atoms with van der Waals surface area (Å²) in [6.45, 7) is 0. The third-order valence-corrected chi connectivity index (χ3v) is 5.34. The van der Waals surface area contributed by atoms with Crippen molar-refractivity contribution in [3.63, 3.8) is 0 Å². The normalized spacial score (nSPS) is 12.1. The Labute approximate surface area is 147 Å². The summed E-state index contributed by atoms with van der Waals surface area (Å²) in [6.07, 6.45) is 5.08. The zero-order valence-corrected chi connectivity index (χ0v) is 14.5. The number of carbonyl (C=O) groups is 1. The maximum atomic E-state index is 14.2. The Kier molecular flexibility index (Phi) is 5.27. The Morgan fingerprint density at radius 1 is 1.38 bits per heavy atom. The van der Waals surface area contributed by atoms with Gasteiger partial charge in [-0.05, 0) is 6.07 Å². The van der Waals surface area contributed by atoms with Crippen LogP contribution in [0.15, 0.2) is 52.6 Å². The number of rotatable bonds is 6. The first-order chi connectivity index (χ1) is 11.6. The molecular formula is C16H15FN4OS2. The molecule has 24 heavy (non-hydrogen) atoms. The number of carbonyl (C=O) groups excluding carboxylic acids is 1. The van der Waals surface area contributed by atoms with Gasteiger partial charge in [-0.1, -0.05) is 30.0 Å². The van der Waals surface area contributed by atoms with Crippen LogP contribution in [-0.2, 0) is 11.8 Å². The molecule has 1 atom stereocenters. The summed E-state index contributed by atoms with van der Waals surface area (Å²) in [6, 6.07) is 5.75. The number of nitrogens with one attached hydrogen (secondary N) is 1. The monoisotopic (exact) mass is 362 g/mol. The van der Waals surface area contributed by atoms with Crippen molar-refractivity contribution in [2.75, 3.05) is 5.75 Å². The van der Waals surface area contributed by atoms with Crippen LogP contribution in [0.4, 0.5) is 4.39 Å². The molecule has 0 fully saturated rings. The van der Waals surface area contributed by atoms with Crippen LogP contribution in [0.25, 0.3) is 0 Å². The molecule has 124 valence electrons. The maximum Gasteiger partial charge on any atom is 0.231 e. The van der Waals surface area contributed by atoms with Crippen LogP contribution < -0.4 is 5.32 Å². The molecule has 1 amide bonds. The first-order valence-electron chi connectivity index (χ1n) is 7.18. The summed E-state index contributed by atoms with van der Waals surface area (Å²) in [7, 11) is 1.81. The van der Waals surface area contributed by atoms with Crippen molar-refractivity contribution < 1.29 is 9.18 Å². The van der Waals surface area contributed by atoms with Gasteiger partial charge in [0.15, 0.2) is 0 Å². The van der Waals surface area contributed by atoms with E-state index >= 15 is 0 Å². The first-order valence-corrected chi connectivity index (χ1v) is 9.05. The molecule has 0 aliphatic rings. The topological polar surface area (TPSA) is 59.8 Å². The van der Waals surface area contributed by atoms with E-state index in [9.17, 15) is 9.18 Å². The van der Waals surface area contributed by atoms with Crippen molar-refractivity contribution in [2.24, 2.45) is 7.05 Å². The van der Waals surface area contributed by atoms with Crippen molar-refractivity contribution in [3.05, 3.63) is 65.4 Å². The lowest BCUT2D eigenvalue weighted by molar-refractivity contribution is -0.119. The number of hydrogen-bond acceptors (Lipinski definition) is 5. The minimum absolute atomic E-state index is 0.202. The van der Waals surface area contributed by atoms with E-state index in [2.05, 4.69) is 15.3 Å². The number of amides is 1. The lowest BCUT2D eigenvalue weighted by atomic mass is 10.1. The quantitative estimate of drug-likeness (QED) is 0.685. The summed E-state index contributed by atoms with van der Waals surface area (Å²) in [4.78, 5) is 20.7. The minimum atomic E-state index is -0.643. The highest BCUT2D eigenvalue weighted by Crippen LogP contribution is 2.24. The highest BCUT2D eigenvalue weighted by Gasteiger charge is 2.23. The largest absolute Gasteiger partial charge is 0.341 e. The van der Waals surface area contributed by atoms with Gasteiger partial charge >= 0.3 is 0 Å². The smallest absolute Gasteiger partial charge is 0.231 e. The molecule has 0 unspecified atom stereocenters. The van der Waals surface area contributed by atoms with E-state index in [1.165, 1.54) is 29.2 Å². The molecule has 0 radical (unpaired) electrons. The highest BCUT2D eigenvalue weighted by molar-refractivity contribution is 8.01. The average molecular weight is 362 g/mol. The van der Waals surface area contributed by atoms with Gasteiger partial charge in [-0.25, -0.2) is 14.4 Å². The van der Waals surface area contributed by atoms with Crippen LogP contribution in [0.5, 0.6) is 0 Å². The molecule has 0 bridgehead atoms. The van der Waals surface area contributed by atoms with Crippen LogP contribution in [0.3, 0.4) is 0 Å². The summed E-state index contributed by atoms with van der Waals surface area (Å²) in [5, 5.41) is 4.73. The summed E-state index contributed by atoms with van der Waals surface area (Å²) < 4.78 is 16.8. The zero-order valence-electron chi connectivity index (χ0n) is 12.8. The minimum Gasteiger partial charge on any atom is -0.341 e. The SMILES string of the molecule is Cn1ccnc1[C@@H](NC(=O)CSc1nccs1)c1ccccc1F. The van der Waals surface area contributed by atoms with E-state index < -0.39 is 6.04 Å². The number of aryl methyl sites for hydroxylation is 1. The van der Waals surface area contributed by atoms with Crippen LogP contribution in [0.1, 0.15) is 17.4 Å². The van der Waals surface area contributed by atoms with Crippen molar-refractivity contribution in [2.45, 2.75) is 10.4 Å². The second-order valence-corrected chi connectivity index (χ2v) is 7.12. The molecule has 0 aliphatic heterocycles. The van der Waals surface area contributed by atoms with Gasteiger partial charge in [-0.2, -0.15) is 0 Å². The Morgan fingerprint density at radius 3 is 2.88 bits per heavy atom. The van der Waals surface area contributed by atoms with Crippen LogP contribution in [0, 0.1) is 5.82 Å². The van der Waals surface area contributed by atoms with Crippen LogP contribution in [0.2, 0.25) is 0 Å². The Hall–Kier alpha value is -2.19. The fourth-order valence-electron chi connectivity index (χ4n) is 2.26. The number of benzene rings is 1. The number of thioether (sulfide) groups is 1. The van der Waals surface area contributed by atoms with E-state index in [0.29, 0.717) is 11.4 Å². The van der Waals surface area contributed by atoms with E-state index in [0.717, 1.165) is 4.34 Å². The lowest BCUT2D eigenvalue weighted by Crippen LogP contribution is -2.32. The molecule has 0 saturated heterocycles. The number of aromatic nitrogens is 3. The molecule has 1 N–H and O–H groups in total.